The Labute approximate surface area is 136 Å². The lowest BCUT2D eigenvalue weighted by Crippen LogP contribution is -2.10. The Morgan fingerprint density at radius 2 is 1.80 bits per heavy atom. The number of anilines is 1. The van der Waals surface area contributed by atoms with Gasteiger partial charge in [0.1, 0.15) is 5.75 Å². The lowest BCUT2D eigenvalue weighted by molar-refractivity contribution is 0.415. The van der Waals surface area contributed by atoms with Gasteiger partial charge in [0, 0.05) is 15.0 Å². The van der Waals surface area contributed by atoms with Gasteiger partial charge in [0.2, 0.25) is 0 Å². The van der Waals surface area contributed by atoms with Gasteiger partial charge in [-0.05, 0) is 52.2 Å². The van der Waals surface area contributed by atoms with Crippen molar-refractivity contribution in [2.24, 2.45) is 0 Å². The van der Waals surface area contributed by atoms with E-state index in [9.17, 15) is 0 Å². The first-order chi connectivity index (χ1) is 9.63. The third-order valence-corrected chi connectivity index (χ3v) is 4.40. The second-order valence-corrected chi connectivity index (χ2v) is 6.27. The van der Waals surface area contributed by atoms with Crippen molar-refractivity contribution in [3.8, 4) is 5.75 Å². The number of hydrogen-bond donors (Lipinski definition) is 1. The molecule has 2 aromatic rings. The normalized spacial score (nSPS) is 12.0. The zero-order valence-corrected chi connectivity index (χ0v) is 14.7. The Morgan fingerprint density at radius 1 is 1.10 bits per heavy atom. The maximum Gasteiger partial charge on any atom is 0.121 e. The molecule has 0 heterocycles. The van der Waals surface area contributed by atoms with Crippen LogP contribution in [0.5, 0.6) is 5.75 Å². The Morgan fingerprint density at radius 3 is 2.40 bits per heavy atom. The summed E-state index contributed by atoms with van der Waals surface area (Å²) in [5.74, 6) is 0.848. The molecule has 0 aliphatic rings. The predicted octanol–water partition coefficient (Wildman–Crippen LogP) is 5.78. The standard InChI is InChI=1S/C16H17Br2NO/c1-3-15(11-4-6-12(17)7-5-11)19-16-10-13(20-2)8-9-14(16)18/h4-10,15,19H,3H2,1-2H3. The van der Waals surface area contributed by atoms with E-state index in [1.807, 2.05) is 18.2 Å². The minimum Gasteiger partial charge on any atom is -0.497 e. The highest BCUT2D eigenvalue weighted by Crippen LogP contribution is 2.31. The highest BCUT2D eigenvalue weighted by molar-refractivity contribution is 9.10. The average molecular weight is 399 g/mol. The first-order valence-electron chi connectivity index (χ1n) is 6.49. The van der Waals surface area contributed by atoms with Crippen molar-refractivity contribution in [1.29, 1.82) is 0 Å². The molecule has 0 amide bonds. The second kappa shape index (κ2) is 7.14. The van der Waals surface area contributed by atoms with Crippen molar-refractivity contribution >= 4 is 37.5 Å². The largest absolute Gasteiger partial charge is 0.497 e. The number of nitrogens with one attached hydrogen (secondary N) is 1. The summed E-state index contributed by atoms with van der Waals surface area (Å²) in [7, 11) is 1.68. The molecule has 2 aromatic carbocycles. The molecule has 0 aliphatic carbocycles. The summed E-state index contributed by atoms with van der Waals surface area (Å²) in [6.07, 6.45) is 1.01. The highest BCUT2D eigenvalue weighted by atomic mass is 79.9. The second-order valence-electron chi connectivity index (χ2n) is 4.50. The third-order valence-electron chi connectivity index (χ3n) is 3.18. The van der Waals surface area contributed by atoms with Crippen LogP contribution in [0.1, 0.15) is 24.9 Å². The fourth-order valence-corrected chi connectivity index (χ4v) is 2.67. The van der Waals surface area contributed by atoms with Gasteiger partial charge in [-0.3, -0.25) is 0 Å². The topological polar surface area (TPSA) is 21.3 Å². The maximum atomic E-state index is 5.28. The molecule has 1 atom stereocenters. The van der Waals surface area contributed by atoms with Crippen LogP contribution in [0.2, 0.25) is 0 Å². The molecule has 4 heteroatoms. The van der Waals surface area contributed by atoms with Gasteiger partial charge in [-0.25, -0.2) is 0 Å². The molecule has 0 radical (unpaired) electrons. The van der Waals surface area contributed by atoms with Gasteiger partial charge in [-0.15, -0.1) is 0 Å². The summed E-state index contributed by atoms with van der Waals surface area (Å²) >= 11 is 7.05. The average Bonchev–Trinajstić information content (AvgIpc) is 2.47. The van der Waals surface area contributed by atoms with Gasteiger partial charge in [0.15, 0.2) is 0 Å². The minimum atomic E-state index is 0.270. The van der Waals surface area contributed by atoms with Crippen molar-refractivity contribution in [2.45, 2.75) is 19.4 Å². The van der Waals surface area contributed by atoms with Crippen molar-refractivity contribution in [2.75, 3.05) is 12.4 Å². The van der Waals surface area contributed by atoms with Crippen LogP contribution in [-0.4, -0.2) is 7.11 Å². The molecule has 0 saturated heterocycles. The summed E-state index contributed by atoms with van der Waals surface area (Å²) in [6.45, 7) is 2.17. The summed E-state index contributed by atoms with van der Waals surface area (Å²) in [6, 6.07) is 14.6. The van der Waals surface area contributed by atoms with Gasteiger partial charge < -0.3 is 10.1 Å². The number of hydrogen-bond acceptors (Lipinski definition) is 2. The van der Waals surface area contributed by atoms with E-state index in [0.29, 0.717) is 0 Å². The predicted molar refractivity (Wildman–Crippen MR) is 91.5 cm³/mol. The van der Waals surface area contributed by atoms with Gasteiger partial charge in [0.05, 0.1) is 18.8 Å². The highest BCUT2D eigenvalue weighted by Gasteiger charge is 2.11. The van der Waals surface area contributed by atoms with Crippen molar-refractivity contribution in [3.05, 3.63) is 57.0 Å². The number of ether oxygens (including phenoxy) is 1. The summed E-state index contributed by atoms with van der Waals surface area (Å²) < 4.78 is 7.41. The first-order valence-corrected chi connectivity index (χ1v) is 8.08. The van der Waals surface area contributed by atoms with Crippen LogP contribution < -0.4 is 10.1 Å². The smallest absolute Gasteiger partial charge is 0.121 e. The van der Waals surface area contributed by atoms with Crippen molar-refractivity contribution in [1.82, 2.24) is 0 Å². The van der Waals surface area contributed by atoms with Crippen LogP contribution in [0.15, 0.2) is 51.4 Å². The third kappa shape index (κ3) is 3.76. The summed E-state index contributed by atoms with van der Waals surface area (Å²) in [5.41, 5.74) is 2.31. The lowest BCUT2D eigenvalue weighted by Gasteiger charge is -2.20. The van der Waals surface area contributed by atoms with Crippen molar-refractivity contribution < 1.29 is 4.74 Å². The van der Waals surface area contributed by atoms with Gasteiger partial charge in [-0.1, -0.05) is 35.0 Å². The first kappa shape index (κ1) is 15.4. The van der Waals surface area contributed by atoms with Crippen LogP contribution in [0, 0.1) is 0 Å². The fraction of sp³-hybridized carbons (Fsp3) is 0.250. The van der Waals surface area contributed by atoms with E-state index in [0.717, 1.165) is 26.8 Å². The Kier molecular flexibility index (Phi) is 5.49. The van der Waals surface area contributed by atoms with Gasteiger partial charge >= 0.3 is 0 Å². The van der Waals surface area contributed by atoms with Crippen LogP contribution in [0.25, 0.3) is 0 Å². The Balaban J connectivity index is 2.23. The molecular formula is C16H17Br2NO. The molecular weight excluding hydrogens is 382 g/mol. The van der Waals surface area contributed by atoms with Crippen LogP contribution in [-0.2, 0) is 0 Å². The molecule has 1 N–H and O–H groups in total. The van der Waals surface area contributed by atoms with Crippen LogP contribution in [0.4, 0.5) is 5.69 Å². The number of benzene rings is 2. The molecule has 0 saturated carbocycles. The van der Waals surface area contributed by atoms with Crippen LogP contribution >= 0.6 is 31.9 Å². The minimum absolute atomic E-state index is 0.270. The van der Waals surface area contributed by atoms with E-state index in [2.05, 4.69) is 68.4 Å². The zero-order valence-electron chi connectivity index (χ0n) is 11.5. The quantitative estimate of drug-likeness (QED) is 0.688. The molecule has 106 valence electrons. The Bertz CT molecular complexity index is 569. The molecule has 0 spiro atoms. The van der Waals surface area contributed by atoms with Crippen LogP contribution in [0.3, 0.4) is 0 Å². The number of rotatable bonds is 5. The van der Waals surface area contributed by atoms with E-state index in [-0.39, 0.29) is 6.04 Å². The lowest BCUT2D eigenvalue weighted by atomic mass is 10.0. The number of halogens is 2. The summed E-state index contributed by atoms with van der Waals surface area (Å²) in [4.78, 5) is 0. The maximum absolute atomic E-state index is 5.28. The van der Waals surface area contributed by atoms with E-state index < -0.39 is 0 Å². The fourth-order valence-electron chi connectivity index (χ4n) is 2.05. The monoisotopic (exact) mass is 397 g/mol. The molecule has 0 aliphatic heterocycles. The van der Waals surface area contributed by atoms with E-state index in [4.69, 9.17) is 4.74 Å². The molecule has 0 aromatic heterocycles. The SMILES string of the molecule is CCC(Nc1cc(OC)ccc1Br)c1ccc(Br)cc1. The number of methoxy groups -OCH3 is 1. The summed E-state index contributed by atoms with van der Waals surface area (Å²) in [5, 5.41) is 3.57. The van der Waals surface area contributed by atoms with Gasteiger partial charge in [-0.2, -0.15) is 0 Å². The van der Waals surface area contributed by atoms with E-state index >= 15 is 0 Å². The molecule has 0 fully saturated rings. The Hall–Kier alpha value is -1.00. The molecule has 0 bridgehead atoms. The molecule has 20 heavy (non-hydrogen) atoms. The molecule has 2 rings (SSSR count). The van der Waals surface area contributed by atoms with Gasteiger partial charge in [0.25, 0.3) is 0 Å². The zero-order chi connectivity index (χ0) is 14.5. The van der Waals surface area contributed by atoms with E-state index in [1.54, 1.807) is 7.11 Å². The molecule has 2 nitrogen and oxygen atoms in total. The molecule has 1 unspecified atom stereocenters. The van der Waals surface area contributed by atoms with E-state index in [1.165, 1.54) is 5.56 Å². The van der Waals surface area contributed by atoms with Crippen molar-refractivity contribution in [3.63, 3.8) is 0 Å².